The molecule has 0 aliphatic heterocycles. The Morgan fingerprint density at radius 2 is 1.86 bits per heavy atom. The zero-order valence-corrected chi connectivity index (χ0v) is 31.6. The van der Waals surface area contributed by atoms with Gasteiger partial charge in [0.2, 0.25) is 0 Å². The van der Waals surface area contributed by atoms with Crippen molar-refractivity contribution in [2.24, 2.45) is 11.8 Å². The van der Waals surface area contributed by atoms with E-state index in [9.17, 15) is 9.90 Å². The van der Waals surface area contributed by atoms with E-state index in [1.54, 1.807) is 12.1 Å². The second-order valence-electron chi connectivity index (χ2n) is 15.0. The van der Waals surface area contributed by atoms with Crippen LogP contribution < -0.4 is 14.8 Å². The number of carbonyl (C=O) groups is 1. The molecule has 3 aliphatic carbocycles. The average molecular weight is 723 g/mol. The number of pyridine rings is 1. The van der Waals surface area contributed by atoms with Crippen LogP contribution in [0.5, 0.6) is 11.5 Å². The summed E-state index contributed by atoms with van der Waals surface area (Å²) in [5, 5.41) is 15.3. The first-order chi connectivity index (χ1) is 24.1. The molecule has 50 heavy (non-hydrogen) atoms. The zero-order valence-electron chi connectivity index (χ0n) is 30.1. The number of hydrogen-bond donors (Lipinski definition) is 2. The van der Waals surface area contributed by atoms with Crippen LogP contribution in [0.2, 0.25) is 10.0 Å². The number of carboxylic acids is 1. The third kappa shape index (κ3) is 7.61. The van der Waals surface area contributed by atoms with Gasteiger partial charge < -0.3 is 24.8 Å². The molecule has 2 aromatic carbocycles. The Balaban J connectivity index is 1.25. The van der Waals surface area contributed by atoms with Gasteiger partial charge in [-0.25, -0.2) is 4.79 Å². The van der Waals surface area contributed by atoms with Crippen molar-refractivity contribution in [3.05, 3.63) is 81.1 Å². The van der Waals surface area contributed by atoms with E-state index in [4.69, 9.17) is 32.7 Å². The molecular weight excluding hydrogens is 669 g/mol. The van der Waals surface area contributed by atoms with Gasteiger partial charge in [-0.15, -0.1) is 0 Å². The number of anilines is 1. The minimum Gasteiger partial charge on any atom is -0.493 e. The number of aliphatic carboxylic acids is 1. The lowest BCUT2D eigenvalue weighted by atomic mass is 9.59. The van der Waals surface area contributed by atoms with Crippen LogP contribution in [0.1, 0.15) is 101 Å². The SMILES string of the molecule is CCN(CC)CCOc1cc2c(cc1Cl)C[C@H](C[C@@H](C)COc1ccnc3c1[C@H](C)CCC3)C21CCC(Nc2cccc(Cl)c2)(C(=O)O)CC1. The molecule has 1 fully saturated rings. The first kappa shape index (κ1) is 36.8. The summed E-state index contributed by atoms with van der Waals surface area (Å²) in [6.45, 7) is 12.9. The molecule has 1 saturated carbocycles. The summed E-state index contributed by atoms with van der Waals surface area (Å²) in [7, 11) is 0. The number of fused-ring (bicyclic) bond motifs is 3. The lowest BCUT2D eigenvalue weighted by molar-refractivity contribution is -0.144. The van der Waals surface area contributed by atoms with E-state index < -0.39 is 11.5 Å². The highest BCUT2D eigenvalue weighted by atomic mass is 35.5. The van der Waals surface area contributed by atoms with Crippen LogP contribution in [0.3, 0.4) is 0 Å². The normalized spacial score (nSPS) is 24.9. The van der Waals surface area contributed by atoms with Crippen LogP contribution in [0.25, 0.3) is 0 Å². The molecule has 1 aromatic heterocycles. The van der Waals surface area contributed by atoms with E-state index in [1.165, 1.54) is 35.2 Å². The minimum absolute atomic E-state index is 0.190. The van der Waals surface area contributed by atoms with Gasteiger partial charge in [-0.2, -0.15) is 0 Å². The van der Waals surface area contributed by atoms with Crippen molar-refractivity contribution < 1.29 is 19.4 Å². The second-order valence-corrected chi connectivity index (χ2v) is 15.9. The van der Waals surface area contributed by atoms with Crippen molar-refractivity contribution in [3.8, 4) is 11.5 Å². The third-order valence-electron chi connectivity index (χ3n) is 11.9. The number of aromatic nitrogens is 1. The number of nitrogens with zero attached hydrogens (tertiary/aromatic N) is 2. The summed E-state index contributed by atoms with van der Waals surface area (Å²) in [5.74, 6) is 1.95. The van der Waals surface area contributed by atoms with Gasteiger partial charge in [0.25, 0.3) is 0 Å². The number of hydrogen-bond acceptors (Lipinski definition) is 6. The summed E-state index contributed by atoms with van der Waals surface area (Å²) in [4.78, 5) is 20.0. The van der Waals surface area contributed by atoms with Crippen molar-refractivity contribution in [1.82, 2.24) is 9.88 Å². The molecule has 1 heterocycles. The molecular formula is C41H53Cl2N3O4. The molecule has 3 atom stereocenters. The van der Waals surface area contributed by atoms with E-state index in [2.05, 4.69) is 55.0 Å². The molecule has 7 nitrogen and oxygen atoms in total. The molecule has 9 heteroatoms. The smallest absolute Gasteiger partial charge is 0.329 e. The number of halogens is 2. The first-order valence-corrected chi connectivity index (χ1v) is 19.4. The van der Waals surface area contributed by atoms with Gasteiger partial charge in [-0.05, 0) is 142 Å². The molecule has 1 spiro atoms. The number of nitrogens with one attached hydrogen (secondary N) is 1. The molecule has 3 aromatic rings. The second kappa shape index (κ2) is 15.7. The van der Waals surface area contributed by atoms with Crippen molar-refractivity contribution in [2.45, 2.75) is 102 Å². The first-order valence-electron chi connectivity index (χ1n) is 18.6. The van der Waals surface area contributed by atoms with Crippen molar-refractivity contribution in [3.63, 3.8) is 0 Å². The minimum atomic E-state index is -1.08. The lowest BCUT2D eigenvalue weighted by Crippen LogP contribution is -2.53. The highest BCUT2D eigenvalue weighted by molar-refractivity contribution is 6.32. The van der Waals surface area contributed by atoms with E-state index in [-0.39, 0.29) is 5.41 Å². The molecule has 0 saturated heterocycles. The van der Waals surface area contributed by atoms with Gasteiger partial charge >= 0.3 is 5.97 Å². The number of carboxylic acid groups (broad SMARTS) is 1. The van der Waals surface area contributed by atoms with Crippen LogP contribution in [-0.2, 0) is 23.1 Å². The van der Waals surface area contributed by atoms with E-state index in [0.717, 1.165) is 68.9 Å². The highest BCUT2D eigenvalue weighted by Gasteiger charge is 2.54. The van der Waals surface area contributed by atoms with Gasteiger partial charge in [0.15, 0.2) is 0 Å². The number of benzene rings is 2. The summed E-state index contributed by atoms with van der Waals surface area (Å²) in [5.41, 5.74) is 4.46. The van der Waals surface area contributed by atoms with Crippen LogP contribution in [0.15, 0.2) is 48.7 Å². The molecule has 0 bridgehead atoms. The largest absolute Gasteiger partial charge is 0.493 e. The fraction of sp³-hybridized carbons (Fsp3) is 0.561. The Morgan fingerprint density at radius 1 is 1.08 bits per heavy atom. The molecule has 0 radical (unpaired) electrons. The zero-order chi connectivity index (χ0) is 35.5. The maximum atomic E-state index is 13.0. The Hall–Kier alpha value is -3.00. The predicted octanol–water partition coefficient (Wildman–Crippen LogP) is 9.57. The van der Waals surface area contributed by atoms with E-state index >= 15 is 0 Å². The number of rotatable bonds is 14. The van der Waals surface area contributed by atoms with Crippen LogP contribution >= 0.6 is 23.2 Å². The Kier molecular flexibility index (Phi) is 11.6. The van der Waals surface area contributed by atoms with E-state index in [1.807, 2.05) is 24.4 Å². The van der Waals surface area contributed by atoms with Crippen LogP contribution in [-0.4, -0.2) is 59.3 Å². The average Bonchev–Trinajstić information content (AvgIpc) is 3.37. The van der Waals surface area contributed by atoms with Gasteiger partial charge in [-0.1, -0.05) is 57.0 Å². The predicted molar refractivity (Wildman–Crippen MR) is 202 cm³/mol. The lowest BCUT2D eigenvalue weighted by Gasteiger charge is -2.47. The Bertz CT molecular complexity index is 1650. The summed E-state index contributed by atoms with van der Waals surface area (Å²) in [6, 6.07) is 13.7. The molecule has 3 aliphatic rings. The van der Waals surface area contributed by atoms with Gasteiger partial charge in [0, 0.05) is 34.7 Å². The van der Waals surface area contributed by atoms with Crippen LogP contribution in [0.4, 0.5) is 5.69 Å². The molecule has 2 N–H and O–H groups in total. The van der Waals surface area contributed by atoms with Crippen molar-refractivity contribution >= 4 is 34.9 Å². The monoisotopic (exact) mass is 721 g/mol. The van der Waals surface area contributed by atoms with Gasteiger partial charge in [0.1, 0.15) is 23.6 Å². The quantitative estimate of drug-likeness (QED) is 0.172. The van der Waals surface area contributed by atoms with Crippen molar-refractivity contribution in [1.29, 1.82) is 0 Å². The molecule has 0 amide bonds. The van der Waals surface area contributed by atoms with Gasteiger partial charge in [0.05, 0.1) is 11.6 Å². The Labute approximate surface area is 308 Å². The number of ether oxygens (including phenoxy) is 2. The highest BCUT2D eigenvalue weighted by Crippen LogP contribution is 2.57. The topological polar surface area (TPSA) is 83.9 Å². The summed E-state index contributed by atoms with van der Waals surface area (Å²) < 4.78 is 12.9. The molecule has 0 unspecified atom stereocenters. The third-order valence-corrected chi connectivity index (χ3v) is 12.4. The molecule has 270 valence electrons. The molecule has 6 rings (SSSR count). The van der Waals surface area contributed by atoms with E-state index in [0.29, 0.717) is 53.9 Å². The standard InChI is InChI=1S/C41H53Cl2N3O4/c1-5-46(6-2)19-20-49-37-25-33-29(23-34(37)43)22-30(21-27(3)26-50-36-13-18-44-35-12-7-9-28(4)38(35)36)40(33)14-16-41(17-15-40,39(47)48)45-32-11-8-10-31(42)24-32/h8,10-11,13,18,23-25,27-28,30,45H,5-7,9,12,14-17,19-22,26H2,1-4H3,(H,47,48)/t27-,28-,30+,40?,41?/m1/s1. The van der Waals surface area contributed by atoms with Gasteiger partial charge in [-0.3, -0.25) is 4.98 Å². The Morgan fingerprint density at radius 3 is 2.58 bits per heavy atom. The number of aryl methyl sites for hydroxylation is 1. The number of likely N-dealkylation sites (N-methyl/N-ethyl adjacent to an activating group) is 1. The summed E-state index contributed by atoms with van der Waals surface area (Å²) in [6.07, 6.45) is 9.60. The van der Waals surface area contributed by atoms with Crippen LogP contribution in [0, 0.1) is 11.8 Å². The fourth-order valence-electron chi connectivity index (χ4n) is 9.04. The fourth-order valence-corrected chi connectivity index (χ4v) is 9.47. The van der Waals surface area contributed by atoms with Crippen molar-refractivity contribution in [2.75, 3.05) is 38.2 Å². The maximum absolute atomic E-state index is 13.0. The maximum Gasteiger partial charge on any atom is 0.329 e. The summed E-state index contributed by atoms with van der Waals surface area (Å²) >= 11 is 13.2.